The number of anilines is 1. The highest BCUT2D eigenvalue weighted by molar-refractivity contribution is 9.13. The van der Waals surface area contributed by atoms with Crippen molar-refractivity contribution in [3.8, 4) is 11.1 Å². The molecule has 17 rings (SSSR count). The van der Waals surface area contributed by atoms with Crippen molar-refractivity contribution in [2.24, 2.45) is 0 Å². The number of pyridine rings is 5. The molecule has 0 spiro atoms. The van der Waals surface area contributed by atoms with Crippen LogP contribution in [0.1, 0.15) is 88.3 Å². The second-order valence-electron chi connectivity index (χ2n) is 30.5. The first-order valence-corrected chi connectivity index (χ1v) is 45.3. The average molecular weight is 2150 g/mol. The molecule has 21 nitrogen and oxygen atoms in total. The van der Waals surface area contributed by atoms with Gasteiger partial charge in [-0.3, -0.25) is 47.9 Å². The van der Waals surface area contributed by atoms with E-state index in [2.05, 4.69) is 141 Å². The average Bonchev–Trinajstić information content (AvgIpc) is 0.761. The summed E-state index contributed by atoms with van der Waals surface area (Å²) in [4.78, 5) is 121. The van der Waals surface area contributed by atoms with Gasteiger partial charge in [0.2, 0.25) is 0 Å². The number of aromatic nitrogens is 5. The summed E-state index contributed by atoms with van der Waals surface area (Å²) in [5, 5.41) is 56.7. The Labute approximate surface area is 782 Å². The van der Waals surface area contributed by atoms with Gasteiger partial charge in [-0.15, -0.1) is 0 Å². The molecule has 1 saturated carbocycles. The summed E-state index contributed by atoms with van der Waals surface area (Å²) in [5.74, 6) is -4.21. The van der Waals surface area contributed by atoms with Crippen LogP contribution in [-0.2, 0) is 56.7 Å². The van der Waals surface area contributed by atoms with Gasteiger partial charge in [-0.25, -0.2) is 0 Å². The number of nitrogens with zero attached hydrogens (tertiary/aromatic N) is 5. The van der Waals surface area contributed by atoms with E-state index in [1.165, 1.54) is 24.8 Å². The number of benzene rings is 11. The number of aryl methyl sites for hydroxylation is 1. The zero-order valence-electron chi connectivity index (χ0n) is 67.0. The van der Waals surface area contributed by atoms with Crippen molar-refractivity contribution in [1.29, 1.82) is 0 Å². The summed E-state index contributed by atoms with van der Waals surface area (Å²) in [6.45, 7) is 9.01. The number of rotatable bonds is 15. The monoisotopic (exact) mass is 2140 g/mol. The number of hydrogen-bond acceptors (Lipinski definition) is 11. The molecular formula is C94H74Br6Cl4N6O15. The smallest absolute Gasteiger partial charge is 0.323 e. The minimum atomic E-state index is -0.999. The quantitative estimate of drug-likeness (QED) is 0.0520. The van der Waals surface area contributed by atoms with Gasteiger partial charge in [0.05, 0.1) is 97.6 Å². The molecular weight excluding hydrogens is 2070 g/mol. The van der Waals surface area contributed by atoms with E-state index < -0.39 is 29.8 Å². The molecule has 0 amide bonds. The molecule has 16 aromatic rings. The van der Waals surface area contributed by atoms with Crippen molar-refractivity contribution >= 4 is 287 Å². The summed E-state index contributed by atoms with van der Waals surface area (Å²) >= 11 is 45.2. The molecule has 125 heavy (non-hydrogen) atoms. The number of nitrogens with one attached hydrogen (secondary N) is 1. The lowest BCUT2D eigenvalue weighted by Crippen LogP contribution is -2.22. The molecule has 11 aromatic carbocycles. The zero-order chi connectivity index (χ0) is 90.2. The molecule has 0 aliphatic heterocycles. The van der Waals surface area contributed by atoms with Crippen LogP contribution in [0, 0.1) is 6.92 Å². The number of hydrogen-bond donors (Lipinski definition) is 6. The topological polar surface area (TPSA) is 309 Å². The van der Waals surface area contributed by atoms with Crippen molar-refractivity contribution < 1.29 is 49.5 Å². The molecule has 6 N–H and O–H groups in total. The van der Waals surface area contributed by atoms with Crippen molar-refractivity contribution in [2.75, 3.05) is 5.32 Å². The minimum absolute atomic E-state index is 0.101. The Morgan fingerprint density at radius 3 is 1.10 bits per heavy atom. The van der Waals surface area contributed by atoms with Crippen LogP contribution in [0.4, 0.5) is 5.69 Å². The number of carbonyl (C=O) groups is 5. The Hall–Kier alpha value is -10.0. The van der Waals surface area contributed by atoms with Crippen LogP contribution in [0.25, 0.3) is 120 Å². The second kappa shape index (κ2) is 39.1. The fourth-order valence-electron chi connectivity index (χ4n) is 15.8. The fraction of sp³-hybridized carbons (Fsp3) is 0.191. The Kier molecular flexibility index (Phi) is 28.9. The van der Waals surface area contributed by atoms with E-state index in [-0.39, 0.29) is 65.8 Å². The maximum absolute atomic E-state index is 13.3. The predicted molar refractivity (Wildman–Crippen MR) is 522 cm³/mol. The van der Waals surface area contributed by atoms with Crippen LogP contribution in [0.3, 0.4) is 0 Å². The minimum Gasteiger partial charge on any atom is -0.480 e. The van der Waals surface area contributed by atoms with E-state index >= 15 is 0 Å². The van der Waals surface area contributed by atoms with Gasteiger partial charge in [0, 0.05) is 70.1 Å². The highest BCUT2D eigenvalue weighted by atomic mass is 79.9. The van der Waals surface area contributed by atoms with Crippen LogP contribution < -0.4 is 32.5 Å². The molecule has 5 aromatic heterocycles. The van der Waals surface area contributed by atoms with Crippen LogP contribution in [0.2, 0.25) is 20.1 Å². The summed E-state index contributed by atoms with van der Waals surface area (Å²) < 4.78 is 11.7. The van der Waals surface area contributed by atoms with Gasteiger partial charge >= 0.3 is 29.8 Å². The molecule has 0 bridgehead atoms. The maximum Gasteiger partial charge on any atom is 0.323 e. The van der Waals surface area contributed by atoms with Crippen LogP contribution in [0.5, 0.6) is 0 Å². The standard InChI is InChI=1S/C24H19BrClNO3.C21H20BrClN2O3.C18H15BrClNO3.C16H11BrClNO3.C15H9Br2NO3/c1-13(2)14-3-5-15(6-4-14)16-7-10-20-18(11-16)24(30)17-8-9-19(26)22(25)23(17)27(20)12-21(28)29;22-19-16(23)9-8-15-20(19)25(11-18(26)27)17-10-13(6-7-14(17)21(15)28)24-12-4-2-1-3-5-12;1-9(2)10-3-4-11-14(7-10)21(8-15(22)23)17-12(18(11)24)5-6-13(20)16(17)19;1-8-2-3-9-12(6-8)19(7-13(20)21)15-10(16(9)22)4-5-11(18)14(15)17;16-10-6-5-9-14(13(10)17)18(7-12(19)20)11-4-2-1-3-8(11)15(9)21/h3-11,13H,12H2,1-2H3,(H,28,29);6-10,12,24H,1-5,11H2,(H,26,27);3-7,9H,8H2,1-2H3,(H,22,23);2-6H,7H2,1H3,(H,20,21);1-6H,7H2,(H,19,20). The van der Waals surface area contributed by atoms with E-state index in [1.807, 2.05) is 67.6 Å². The molecule has 0 unspecified atom stereocenters. The lowest BCUT2D eigenvalue weighted by Gasteiger charge is -2.24. The highest BCUT2D eigenvalue weighted by Crippen LogP contribution is 2.40. The number of para-hydroxylation sites is 1. The van der Waals surface area contributed by atoms with E-state index in [0.29, 0.717) is 163 Å². The molecule has 1 aliphatic carbocycles. The number of carboxylic acids is 5. The highest BCUT2D eigenvalue weighted by Gasteiger charge is 2.25. The second-order valence-corrected chi connectivity index (χ2v) is 37.0. The maximum atomic E-state index is 13.3. The van der Waals surface area contributed by atoms with Gasteiger partial charge in [-0.05, 0) is 282 Å². The van der Waals surface area contributed by atoms with Crippen molar-refractivity contribution in [1.82, 2.24) is 22.8 Å². The summed E-state index contributed by atoms with van der Waals surface area (Å²) in [5.41, 5.74) is 10.9. The Morgan fingerprint density at radius 2 is 0.672 bits per heavy atom. The van der Waals surface area contributed by atoms with Crippen molar-refractivity contribution in [2.45, 2.75) is 117 Å². The number of halogens is 10. The Morgan fingerprint density at radius 1 is 0.344 bits per heavy atom. The number of fused-ring (bicyclic) bond motifs is 10. The van der Waals surface area contributed by atoms with Gasteiger partial charge < -0.3 is 53.7 Å². The fourth-order valence-corrected chi connectivity index (χ4v) is 19.5. The van der Waals surface area contributed by atoms with E-state index in [4.69, 9.17) is 46.4 Å². The lowest BCUT2D eigenvalue weighted by atomic mass is 9.95. The number of carboxylic acid groups (broad SMARTS) is 5. The van der Waals surface area contributed by atoms with Crippen LogP contribution >= 0.6 is 142 Å². The van der Waals surface area contributed by atoms with Gasteiger partial charge in [-0.2, -0.15) is 0 Å². The molecule has 5 heterocycles. The Bertz CT molecular complexity index is 7520. The first-order chi connectivity index (χ1) is 59.4. The van der Waals surface area contributed by atoms with Crippen LogP contribution in [0.15, 0.2) is 233 Å². The van der Waals surface area contributed by atoms with E-state index in [1.54, 1.807) is 132 Å². The van der Waals surface area contributed by atoms with Crippen LogP contribution in [-0.4, -0.2) is 84.3 Å². The first kappa shape index (κ1) is 92.6. The zero-order valence-corrected chi connectivity index (χ0v) is 79.5. The third kappa shape index (κ3) is 19.3. The number of aliphatic carboxylic acids is 5. The molecule has 640 valence electrons. The Balaban J connectivity index is 0.000000135. The SMILES string of the molecule is CC(C)c1ccc(-c2ccc3c(c2)c(=O)c2ccc(Cl)c(Br)c2n3CC(=O)O)cc1.CC(C)c1ccc2c(=O)c3ccc(Cl)c(Br)c3n(CC(=O)O)c2c1.Cc1ccc2c(=O)c3ccc(Cl)c(Br)c3n(CC(=O)O)c2c1.O=C(O)Cn1c2cc(NC3CCCCC3)ccc2c(=O)c2ccc(Cl)c(Br)c21.O=C(O)Cn1c2ccccc2c(=O)c2ccc(Br)c(Br)c21. The lowest BCUT2D eigenvalue weighted by molar-refractivity contribution is -0.138. The third-order valence-electron chi connectivity index (χ3n) is 21.7. The summed E-state index contributed by atoms with van der Waals surface area (Å²) in [7, 11) is 0. The molecule has 0 radical (unpaired) electrons. The van der Waals surface area contributed by atoms with Gasteiger partial charge in [-0.1, -0.05) is 148 Å². The van der Waals surface area contributed by atoms with Crippen molar-refractivity contribution in [3.63, 3.8) is 0 Å². The molecule has 0 saturated heterocycles. The summed E-state index contributed by atoms with van der Waals surface area (Å²) in [6, 6.07) is 54.4. The molecule has 1 aliphatic rings. The van der Waals surface area contributed by atoms with Gasteiger partial charge in [0.25, 0.3) is 0 Å². The molecule has 1 fully saturated rings. The largest absolute Gasteiger partial charge is 0.480 e. The predicted octanol–water partition coefficient (Wildman–Crippen LogP) is 24.4. The third-order valence-corrected chi connectivity index (χ3v) is 29.1. The van der Waals surface area contributed by atoms with E-state index in [0.717, 1.165) is 45.3 Å². The normalized spacial score (nSPS) is 12.2. The molecule has 0 atom stereocenters. The summed E-state index contributed by atoms with van der Waals surface area (Å²) in [6.07, 6.45) is 5.95. The van der Waals surface area contributed by atoms with E-state index in [9.17, 15) is 73.5 Å². The first-order valence-electron chi connectivity index (χ1n) is 39.0. The molecule has 31 heteroatoms. The van der Waals surface area contributed by atoms with Gasteiger partial charge in [0.15, 0.2) is 27.1 Å². The van der Waals surface area contributed by atoms with Gasteiger partial charge in [0.1, 0.15) is 32.7 Å². The van der Waals surface area contributed by atoms with Crippen molar-refractivity contribution in [3.05, 3.63) is 297 Å².